The largest absolute Gasteiger partial charge is 0.271 e. The van der Waals surface area contributed by atoms with Crippen LogP contribution in [-0.4, -0.2) is 4.98 Å². The van der Waals surface area contributed by atoms with Gasteiger partial charge in [0.2, 0.25) is 0 Å². The molecule has 6 heteroatoms. The molecule has 0 saturated carbocycles. The van der Waals surface area contributed by atoms with Gasteiger partial charge in [-0.2, -0.15) is 0 Å². The number of fused-ring (bicyclic) bond motifs is 1. The van der Waals surface area contributed by atoms with Crippen molar-refractivity contribution in [3.8, 4) is 0 Å². The number of nitrogens with two attached hydrogens (primary N) is 1. The highest BCUT2D eigenvalue weighted by Gasteiger charge is 2.18. The van der Waals surface area contributed by atoms with Crippen molar-refractivity contribution in [2.24, 2.45) is 5.84 Å². The van der Waals surface area contributed by atoms with Gasteiger partial charge in [0.15, 0.2) is 0 Å². The Hall–Kier alpha value is -0.790. The average molecular weight is 413 g/mol. The van der Waals surface area contributed by atoms with Crippen LogP contribution < -0.4 is 11.3 Å². The predicted octanol–water partition coefficient (Wildman–Crippen LogP) is 4.37. The lowest BCUT2D eigenvalue weighted by molar-refractivity contribution is 0.637. The molecule has 0 amide bonds. The molecule has 0 saturated heterocycles. The molecule has 3 aromatic rings. The number of nitrogens with zero attached hydrogens (tertiary/aromatic N) is 1. The third-order valence-corrected chi connectivity index (χ3v) is 5.51. The molecule has 0 aliphatic rings. The summed E-state index contributed by atoms with van der Waals surface area (Å²) in [7, 11) is 0. The smallest absolute Gasteiger partial charge is 0.0762 e. The minimum Gasteiger partial charge on any atom is -0.271 e. The van der Waals surface area contributed by atoms with Gasteiger partial charge in [0, 0.05) is 17.1 Å². The van der Waals surface area contributed by atoms with Gasteiger partial charge in [-0.25, -0.2) is 5.43 Å². The van der Waals surface area contributed by atoms with Crippen LogP contribution in [-0.2, 0) is 0 Å². The van der Waals surface area contributed by atoms with Crippen LogP contribution >= 0.6 is 43.2 Å². The number of pyridine rings is 1. The molecule has 2 heterocycles. The summed E-state index contributed by atoms with van der Waals surface area (Å²) in [5.74, 6) is 5.76. The summed E-state index contributed by atoms with van der Waals surface area (Å²) < 4.78 is 2.13. The Morgan fingerprint density at radius 1 is 1.20 bits per heavy atom. The Morgan fingerprint density at radius 3 is 2.75 bits per heavy atom. The Balaban J connectivity index is 2.09. The molecule has 0 radical (unpaired) electrons. The number of benzene rings is 1. The van der Waals surface area contributed by atoms with Crippen LogP contribution in [0.2, 0.25) is 0 Å². The fourth-order valence-electron chi connectivity index (χ4n) is 2.18. The van der Waals surface area contributed by atoms with E-state index in [1.807, 2.05) is 12.1 Å². The van der Waals surface area contributed by atoms with Crippen LogP contribution in [0, 0.1) is 0 Å². The van der Waals surface area contributed by atoms with Crippen molar-refractivity contribution in [1.29, 1.82) is 0 Å². The van der Waals surface area contributed by atoms with Gasteiger partial charge in [-0.05, 0) is 55.6 Å². The predicted molar refractivity (Wildman–Crippen MR) is 90.6 cm³/mol. The van der Waals surface area contributed by atoms with E-state index in [1.165, 1.54) is 0 Å². The summed E-state index contributed by atoms with van der Waals surface area (Å²) in [5.41, 5.74) is 6.05. The Kier molecular flexibility index (Phi) is 4.18. The third-order valence-electron chi connectivity index (χ3n) is 3.12. The summed E-state index contributed by atoms with van der Waals surface area (Å²) in [6.07, 6.45) is 1.80. The van der Waals surface area contributed by atoms with Gasteiger partial charge >= 0.3 is 0 Å². The number of halogens is 2. The quantitative estimate of drug-likeness (QED) is 0.495. The highest BCUT2D eigenvalue weighted by atomic mass is 79.9. The van der Waals surface area contributed by atoms with E-state index in [4.69, 9.17) is 5.84 Å². The summed E-state index contributed by atoms with van der Waals surface area (Å²) >= 11 is 8.72. The van der Waals surface area contributed by atoms with Gasteiger partial charge < -0.3 is 0 Å². The summed E-state index contributed by atoms with van der Waals surface area (Å²) in [4.78, 5) is 4.39. The van der Waals surface area contributed by atoms with E-state index in [0.29, 0.717) is 0 Å². The second-order valence-electron chi connectivity index (χ2n) is 4.33. The number of hydrazine groups is 1. The Bertz CT molecular complexity index is 757. The molecule has 1 atom stereocenters. The number of hydrogen-bond acceptors (Lipinski definition) is 4. The molecular formula is C14H11Br2N3S. The van der Waals surface area contributed by atoms with E-state index < -0.39 is 0 Å². The molecule has 0 bridgehead atoms. The van der Waals surface area contributed by atoms with E-state index >= 15 is 0 Å². The monoisotopic (exact) mass is 411 g/mol. The zero-order valence-electron chi connectivity index (χ0n) is 10.3. The molecule has 0 spiro atoms. The molecule has 3 N–H and O–H groups in total. The number of hydrogen-bond donors (Lipinski definition) is 2. The molecule has 0 aliphatic carbocycles. The van der Waals surface area contributed by atoms with Crippen molar-refractivity contribution in [2.75, 3.05) is 0 Å². The van der Waals surface area contributed by atoms with Crippen molar-refractivity contribution >= 4 is 54.1 Å². The normalized spacial score (nSPS) is 12.8. The lowest BCUT2D eigenvalue weighted by Gasteiger charge is -2.16. The van der Waals surface area contributed by atoms with Crippen LogP contribution in [0.1, 0.15) is 17.2 Å². The van der Waals surface area contributed by atoms with Gasteiger partial charge in [0.05, 0.1) is 19.1 Å². The van der Waals surface area contributed by atoms with Crippen LogP contribution in [0.5, 0.6) is 0 Å². The first-order chi connectivity index (χ1) is 9.69. The number of thiophene rings is 1. The SMILES string of the molecule is NNC(c1ccc2cccnc2c1)c1cc(Br)sc1Br. The molecule has 20 heavy (non-hydrogen) atoms. The lowest BCUT2D eigenvalue weighted by atomic mass is 10.0. The van der Waals surface area contributed by atoms with Gasteiger partial charge in [-0.1, -0.05) is 18.2 Å². The first kappa shape index (κ1) is 14.2. The first-order valence-electron chi connectivity index (χ1n) is 5.94. The van der Waals surface area contributed by atoms with Gasteiger partial charge in [0.1, 0.15) is 0 Å². The summed E-state index contributed by atoms with van der Waals surface area (Å²) in [6.45, 7) is 0. The van der Waals surface area contributed by atoms with Gasteiger partial charge in [-0.15, -0.1) is 11.3 Å². The fraction of sp³-hybridized carbons (Fsp3) is 0.0714. The van der Waals surface area contributed by atoms with Crippen LogP contribution in [0.3, 0.4) is 0 Å². The first-order valence-corrected chi connectivity index (χ1v) is 8.35. The van der Waals surface area contributed by atoms with Crippen LogP contribution in [0.15, 0.2) is 50.2 Å². The van der Waals surface area contributed by atoms with Gasteiger partial charge in [0.25, 0.3) is 0 Å². The van der Waals surface area contributed by atoms with Crippen molar-refractivity contribution < 1.29 is 0 Å². The Morgan fingerprint density at radius 2 is 2.05 bits per heavy atom. The van der Waals surface area contributed by atoms with E-state index in [2.05, 4.69) is 66.5 Å². The molecule has 0 fully saturated rings. The molecule has 2 aromatic heterocycles. The molecule has 1 unspecified atom stereocenters. The molecule has 3 nitrogen and oxygen atoms in total. The fourth-order valence-corrected chi connectivity index (χ4v) is 5.08. The number of nitrogens with one attached hydrogen (secondary N) is 1. The van der Waals surface area contributed by atoms with E-state index in [-0.39, 0.29) is 6.04 Å². The highest BCUT2D eigenvalue weighted by Crippen LogP contribution is 2.37. The van der Waals surface area contributed by atoms with E-state index in [9.17, 15) is 0 Å². The standard InChI is InChI=1S/C14H11Br2N3S/c15-12-7-10(14(16)20-12)13(19-17)9-4-3-8-2-1-5-18-11(8)6-9/h1-7,13,19H,17H2. The van der Waals surface area contributed by atoms with Crippen molar-refractivity contribution in [1.82, 2.24) is 10.4 Å². The lowest BCUT2D eigenvalue weighted by Crippen LogP contribution is -2.28. The maximum absolute atomic E-state index is 5.76. The van der Waals surface area contributed by atoms with E-state index in [0.717, 1.165) is 29.6 Å². The maximum Gasteiger partial charge on any atom is 0.0762 e. The Labute approximate surface area is 137 Å². The second kappa shape index (κ2) is 5.91. The van der Waals surface area contributed by atoms with Crippen molar-refractivity contribution in [3.63, 3.8) is 0 Å². The highest BCUT2D eigenvalue weighted by molar-refractivity contribution is 9.12. The molecule has 0 aliphatic heterocycles. The number of aromatic nitrogens is 1. The number of rotatable bonds is 3. The van der Waals surface area contributed by atoms with E-state index in [1.54, 1.807) is 17.5 Å². The second-order valence-corrected chi connectivity index (χ2v) is 8.08. The minimum absolute atomic E-state index is 0.0710. The van der Waals surface area contributed by atoms with Crippen molar-refractivity contribution in [3.05, 3.63) is 61.3 Å². The topological polar surface area (TPSA) is 50.9 Å². The summed E-state index contributed by atoms with van der Waals surface area (Å²) in [6, 6.07) is 12.2. The average Bonchev–Trinajstić information content (AvgIpc) is 2.78. The molecular weight excluding hydrogens is 402 g/mol. The minimum atomic E-state index is -0.0710. The molecule has 3 rings (SSSR count). The van der Waals surface area contributed by atoms with Crippen molar-refractivity contribution in [2.45, 2.75) is 6.04 Å². The van der Waals surface area contributed by atoms with Crippen LogP contribution in [0.4, 0.5) is 0 Å². The zero-order valence-corrected chi connectivity index (χ0v) is 14.3. The summed E-state index contributed by atoms with van der Waals surface area (Å²) in [5, 5.41) is 1.12. The van der Waals surface area contributed by atoms with Gasteiger partial charge in [-0.3, -0.25) is 10.8 Å². The maximum atomic E-state index is 5.76. The van der Waals surface area contributed by atoms with Crippen LogP contribution in [0.25, 0.3) is 10.9 Å². The molecule has 1 aromatic carbocycles. The third kappa shape index (κ3) is 2.66. The zero-order chi connectivity index (χ0) is 14.1. The molecule has 102 valence electrons.